The highest BCUT2D eigenvalue weighted by Gasteiger charge is 2.31. The minimum Gasteiger partial charge on any atom is -0.263 e. The molecule has 0 N–H and O–H groups in total. The van der Waals surface area contributed by atoms with Gasteiger partial charge in [0.1, 0.15) is 0 Å². The molecular formula is C13H10F3NO2S. The van der Waals surface area contributed by atoms with Crippen LogP contribution >= 0.6 is 0 Å². The maximum absolute atomic E-state index is 12.6. The van der Waals surface area contributed by atoms with E-state index in [1.165, 1.54) is 30.5 Å². The summed E-state index contributed by atoms with van der Waals surface area (Å²) in [6.07, 6.45) is -1.36. The van der Waals surface area contributed by atoms with Gasteiger partial charge in [-0.15, -0.1) is 0 Å². The van der Waals surface area contributed by atoms with Crippen molar-refractivity contribution in [3.8, 4) is 11.1 Å². The van der Waals surface area contributed by atoms with E-state index < -0.39 is 21.6 Å². The smallest absolute Gasteiger partial charge is 0.263 e. The lowest BCUT2D eigenvalue weighted by Crippen LogP contribution is -2.05. The number of sulfone groups is 1. The van der Waals surface area contributed by atoms with Crippen molar-refractivity contribution in [1.82, 2.24) is 4.98 Å². The van der Waals surface area contributed by atoms with Crippen molar-refractivity contribution < 1.29 is 21.6 Å². The highest BCUT2D eigenvalue weighted by atomic mass is 32.2. The van der Waals surface area contributed by atoms with Crippen molar-refractivity contribution >= 4 is 9.84 Å². The van der Waals surface area contributed by atoms with Gasteiger partial charge in [-0.3, -0.25) is 4.98 Å². The van der Waals surface area contributed by atoms with Crippen LogP contribution in [0.4, 0.5) is 13.2 Å². The number of nitrogens with zero attached hydrogens (tertiary/aromatic N) is 1. The first kappa shape index (κ1) is 14.5. The van der Waals surface area contributed by atoms with Crippen LogP contribution in [0.1, 0.15) is 5.56 Å². The molecule has 2 rings (SSSR count). The first-order chi connectivity index (χ1) is 9.18. The molecule has 1 aromatic heterocycles. The number of alkyl halides is 3. The van der Waals surface area contributed by atoms with E-state index in [0.29, 0.717) is 5.56 Å². The molecule has 0 radical (unpaired) electrons. The Morgan fingerprint density at radius 3 is 2.10 bits per heavy atom. The zero-order valence-electron chi connectivity index (χ0n) is 10.3. The van der Waals surface area contributed by atoms with E-state index in [0.717, 1.165) is 18.5 Å². The fraction of sp³-hybridized carbons (Fsp3) is 0.154. The fourth-order valence-corrected chi connectivity index (χ4v) is 2.28. The Bertz CT molecular complexity index is 722. The Kier molecular flexibility index (Phi) is 3.56. The van der Waals surface area contributed by atoms with Crippen LogP contribution in [0.5, 0.6) is 0 Å². The SMILES string of the molecule is CS(=O)(=O)c1ccc(-c2cncc(C(F)(F)F)c2)cc1. The lowest BCUT2D eigenvalue weighted by Gasteiger charge is -2.08. The minimum atomic E-state index is -4.46. The lowest BCUT2D eigenvalue weighted by molar-refractivity contribution is -0.137. The van der Waals surface area contributed by atoms with Crippen molar-refractivity contribution in [2.45, 2.75) is 11.1 Å². The summed E-state index contributed by atoms with van der Waals surface area (Å²) in [7, 11) is -3.33. The highest BCUT2D eigenvalue weighted by Crippen LogP contribution is 2.31. The summed E-state index contributed by atoms with van der Waals surface area (Å²) >= 11 is 0. The van der Waals surface area contributed by atoms with Crippen LogP contribution in [-0.2, 0) is 16.0 Å². The Hall–Kier alpha value is -1.89. The number of aromatic nitrogens is 1. The molecule has 0 fully saturated rings. The van der Waals surface area contributed by atoms with Gasteiger partial charge in [0, 0.05) is 24.2 Å². The molecule has 0 aliphatic heterocycles. The Morgan fingerprint density at radius 2 is 1.60 bits per heavy atom. The second kappa shape index (κ2) is 4.90. The quantitative estimate of drug-likeness (QED) is 0.856. The van der Waals surface area contributed by atoms with E-state index in [2.05, 4.69) is 4.98 Å². The predicted molar refractivity (Wildman–Crippen MR) is 67.8 cm³/mol. The van der Waals surface area contributed by atoms with Gasteiger partial charge in [0.15, 0.2) is 9.84 Å². The molecule has 3 nitrogen and oxygen atoms in total. The van der Waals surface area contributed by atoms with Gasteiger partial charge in [-0.2, -0.15) is 13.2 Å². The summed E-state index contributed by atoms with van der Waals surface area (Å²) in [5, 5.41) is 0. The molecule has 0 saturated heterocycles. The summed E-state index contributed by atoms with van der Waals surface area (Å²) in [6.45, 7) is 0. The van der Waals surface area contributed by atoms with Crippen molar-refractivity contribution in [2.75, 3.05) is 6.26 Å². The lowest BCUT2D eigenvalue weighted by atomic mass is 10.1. The van der Waals surface area contributed by atoms with E-state index in [1.807, 2.05) is 0 Å². The third-order valence-electron chi connectivity index (χ3n) is 2.68. The van der Waals surface area contributed by atoms with Crippen molar-refractivity contribution in [1.29, 1.82) is 0 Å². The maximum atomic E-state index is 12.6. The Labute approximate surface area is 114 Å². The first-order valence-electron chi connectivity index (χ1n) is 5.51. The van der Waals surface area contributed by atoms with Gasteiger partial charge < -0.3 is 0 Å². The molecular weight excluding hydrogens is 291 g/mol. The third-order valence-corrected chi connectivity index (χ3v) is 3.81. The summed E-state index contributed by atoms with van der Waals surface area (Å²) in [4.78, 5) is 3.67. The van der Waals surface area contributed by atoms with E-state index >= 15 is 0 Å². The summed E-state index contributed by atoms with van der Waals surface area (Å²) in [6, 6.07) is 6.58. The summed E-state index contributed by atoms with van der Waals surface area (Å²) < 4.78 is 60.4. The molecule has 0 spiro atoms. The molecule has 0 amide bonds. The molecule has 0 unspecified atom stereocenters. The second-order valence-corrected chi connectivity index (χ2v) is 6.27. The summed E-state index contributed by atoms with van der Waals surface area (Å²) in [5.41, 5.74) is -0.0990. The number of rotatable bonds is 2. The van der Waals surface area contributed by atoms with Gasteiger partial charge in [-0.05, 0) is 23.8 Å². The molecule has 0 saturated carbocycles. The van der Waals surface area contributed by atoms with Gasteiger partial charge in [-0.1, -0.05) is 12.1 Å². The van der Waals surface area contributed by atoms with Gasteiger partial charge in [-0.25, -0.2) is 8.42 Å². The highest BCUT2D eigenvalue weighted by molar-refractivity contribution is 7.90. The average molecular weight is 301 g/mol. The number of benzene rings is 1. The topological polar surface area (TPSA) is 47.0 Å². The van der Waals surface area contributed by atoms with Gasteiger partial charge in [0.2, 0.25) is 0 Å². The third kappa shape index (κ3) is 3.16. The molecule has 0 atom stereocenters. The number of halogens is 3. The molecule has 0 aliphatic carbocycles. The largest absolute Gasteiger partial charge is 0.417 e. The molecule has 1 aromatic carbocycles. The van der Waals surface area contributed by atoms with Gasteiger partial charge in [0.05, 0.1) is 10.5 Å². The average Bonchev–Trinajstić information content (AvgIpc) is 2.37. The number of pyridine rings is 1. The van der Waals surface area contributed by atoms with Crippen LogP contribution in [0.25, 0.3) is 11.1 Å². The second-order valence-electron chi connectivity index (χ2n) is 4.26. The maximum Gasteiger partial charge on any atom is 0.417 e. The zero-order chi connectivity index (χ0) is 15.0. The predicted octanol–water partition coefficient (Wildman–Crippen LogP) is 3.17. The van der Waals surface area contributed by atoms with Crippen LogP contribution in [0.3, 0.4) is 0 Å². The molecule has 2 aromatic rings. The molecule has 106 valence electrons. The van der Waals surface area contributed by atoms with E-state index in [4.69, 9.17) is 0 Å². The molecule has 1 heterocycles. The number of hydrogen-bond acceptors (Lipinski definition) is 3. The van der Waals surface area contributed by atoms with Crippen LogP contribution in [0, 0.1) is 0 Å². The fourth-order valence-electron chi connectivity index (χ4n) is 1.65. The van der Waals surface area contributed by atoms with Crippen molar-refractivity contribution in [3.63, 3.8) is 0 Å². The van der Waals surface area contributed by atoms with E-state index in [-0.39, 0.29) is 10.5 Å². The van der Waals surface area contributed by atoms with Crippen LogP contribution < -0.4 is 0 Å². The number of hydrogen-bond donors (Lipinski definition) is 0. The van der Waals surface area contributed by atoms with E-state index in [1.54, 1.807) is 0 Å². The van der Waals surface area contributed by atoms with Gasteiger partial charge in [0.25, 0.3) is 0 Å². The molecule has 0 bridgehead atoms. The molecule has 7 heteroatoms. The Morgan fingerprint density at radius 1 is 1.00 bits per heavy atom. The Balaban J connectivity index is 2.43. The summed E-state index contributed by atoms with van der Waals surface area (Å²) in [5.74, 6) is 0. The van der Waals surface area contributed by atoms with Crippen LogP contribution in [-0.4, -0.2) is 19.7 Å². The zero-order valence-corrected chi connectivity index (χ0v) is 11.2. The van der Waals surface area contributed by atoms with Crippen molar-refractivity contribution in [3.05, 3.63) is 48.3 Å². The van der Waals surface area contributed by atoms with Crippen LogP contribution in [0.2, 0.25) is 0 Å². The monoisotopic (exact) mass is 301 g/mol. The first-order valence-corrected chi connectivity index (χ1v) is 7.40. The normalized spacial score (nSPS) is 12.4. The molecule has 0 aliphatic rings. The molecule has 20 heavy (non-hydrogen) atoms. The van der Waals surface area contributed by atoms with Gasteiger partial charge >= 0.3 is 6.18 Å². The van der Waals surface area contributed by atoms with E-state index in [9.17, 15) is 21.6 Å². The van der Waals surface area contributed by atoms with Crippen LogP contribution in [0.15, 0.2) is 47.6 Å². The standard InChI is InChI=1S/C13H10F3NO2S/c1-20(18,19)12-4-2-9(3-5-12)10-6-11(8-17-7-10)13(14,15)16/h2-8H,1H3. The minimum absolute atomic E-state index is 0.112. The van der Waals surface area contributed by atoms with Crippen molar-refractivity contribution in [2.24, 2.45) is 0 Å².